The number of likely N-dealkylation sites (tertiary alicyclic amines) is 1. The Morgan fingerprint density at radius 2 is 2.15 bits per heavy atom. The molecule has 0 spiro atoms. The largest absolute Gasteiger partial charge is 0.338 e. The number of rotatable bonds is 4. The van der Waals surface area contributed by atoms with Crippen LogP contribution in [0, 0.1) is 5.92 Å². The van der Waals surface area contributed by atoms with E-state index in [0.717, 1.165) is 60.6 Å². The lowest BCUT2D eigenvalue weighted by Crippen LogP contribution is -2.39. The standard InChI is InChI=1S/C22H26N4O/c1-3-12-26-20(24-19-10-5-11-23-21(19)26)17-8-4-9-18(14-17)22(27)25-13-6-7-16(2)15-25/h4-5,8-11,14,16H,3,6-7,12-13,15H2,1-2H3/t16-/m1/s1. The Hall–Kier alpha value is -2.69. The molecule has 1 saturated heterocycles. The molecule has 0 aliphatic carbocycles. The van der Waals surface area contributed by atoms with Gasteiger partial charge in [-0.05, 0) is 49.4 Å². The number of nitrogens with zero attached hydrogens (tertiary/aromatic N) is 4. The smallest absolute Gasteiger partial charge is 0.253 e. The Morgan fingerprint density at radius 1 is 1.26 bits per heavy atom. The highest BCUT2D eigenvalue weighted by Crippen LogP contribution is 2.26. The van der Waals surface area contributed by atoms with E-state index < -0.39 is 0 Å². The second kappa shape index (κ2) is 7.51. The summed E-state index contributed by atoms with van der Waals surface area (Å²) in [6, 6.07) is 11.8. The van der Waals surface area contributed by atoms with Crippen molar-refractivity contribution >= 4 is 17.1 Å². The molecule has 0 radical (unpaired) electrons. The van der Waals surface area contributed by atoms with Gasteiger partial charge in [0.15, 0.2) is 5.65 Å². The Kier molecular flexibility index (Phi) is 4.92. The number of imidazole rings is 1. The average molecular weight is 362 g/mol. The molecule has 0 unspecified atom stereocenters. The molecule has 1 aliphatic heterocycles. The maximum atomic E-state index is 13.0. The molecule has 1 aromatic carbocycles. The Morgan fingerprint density at radius 3 is 2.96 bits per heavy atom. The van der Waals surface area contributed by atoms with Gasteiger partial charge in [0.2, 0.25) is 0 Å². The number of carbonyl (C=O) groups is 1. The van der Waals surface area contributed by atoms with Gasteiger partial charge in [0.05, 0.1) is 0 Å². The van der Waals surface area contributed by atoms with Gasteiger partial charge in [0.25, 0.3) is 5.91 Å². The third-order valence-electron chi connectivity index (χ3n) is 5.26. The molecule has 0 N–H and O–H groups in total. The van der Waals surface area contributed by atoms with Crippen LogP contribution in [-0.2, 0) is 6.54 Å². The van der Waals surface area contributed by atoms with Crippen molar-refractivity contribution in [2.24, 2.45) is 5.92 Å². The third kappa shape index (κ3) is 3.46. The number of piperidine rings is 1. The van der Waals surface area contributed by atoms with Gasteiger partial charge in [0.1, 0.15) is 11.3 Å². The highest BCUT2D eigenvalue weighted by molar-refractivity contribution is 5.95. The van der Waals surface area contributed by atoms with Gasteiger partial charge in [-0.3, -0.25) is 4.79 Å². The number of carbonyl (C=O) groups excluding carboxylic acids is 1. The summed E-state index contributed by atoms with van der Waals surface area (Å²) >= 11 is 0. The van der Waals surface area contributed by atoms with Crippen LogP contribution in [0.5, 0.6) is 0 Å². The van der Waals surface area contributed by atoms with Gasteiger partial charge in [-0.15, -0.1) is 0 Å². The molecule has 140 valence electrons. The van der Waals surface area contributed by atoms with Crippen LogP contribution in [0.4, 0.5) is 0 Å². The lowest BCUT2D eigenvalue weighted by Gasteiger charge is -2.31. The van der Waals surface area contributed by atoms with E-state index in [1.807, 2.05) is 41.3 Å². The summed E-state index contributed by atoms with van der Waals surface area (Å²) < 4.78 is 2.15. The van der Waals surface area contributed by atoms with Crippen LogP contribution in [0.1, 0.15) is 43.5 Å². The summed E-state index contributed by atoms with van der Waals surface area (Å²) in [6.45, 7) is 6.92. The van der Waals surface area contributed by atoms with Gasteiger partial charge in [-0.1, -0.05) is 26.0 Å². The zero-order chi connectivity index (χ0) is 18.8. The molecule has 4 rings (SSSR count). The lowest BCUT2D eigenvalue weighted by atomic mass is 9.99. The Bertz CT molecular complexity index is 962. The van der Waals surface area contributed by atoms with Crippen molar-refractivity contribution in [2.75, 3.05) is 13.1 Å². The van der Waals surface area contributed by atoms with Crippen LogP contribution in [0.3, 0.4) is 0 Å². The monoisotopic (exact) mass is 362 g/mol. The van der Waals surface area contributed by atoms with E-state index >= 15 is 0 Å². The summed E-state index contributed by atoms with van der Waals surface area (Å²) in [4.78, 5) is 24.3. The highest BCUT2D eigenvalue weighted by atomic mass is 16.2. The van der Waals surface area contributed by atoms with Gasteiger partial charge in [-0.2, -0.15) is 0 Å². The van der Waals surface area contributed by atoms with Crippen molar-refractivity contribution in [3.05, 3.63) is 48.2 Å². The summed E-state index contributed by atoms with van der Waals surface area (Å²) in [5, 5.41) is 0. The fraction of sp³-hybridized carbons (Fsp3) is 0.409. The van der Waals surface area contributed by atoms with Crippen LogP contribution in [0.25, 0.3) is 22.6 Å². The molecule has 1 amide bonds. The highest BCUT2D eigenvalue weighted by Gasteiger charge is 2.22. The fourth-order valence-corrected chi connectivity index (χ4v) is 3.96. The molecule has 27 heavy (non-hydrogen) atoms. The van der Waals surface area contributed by atoms with E-state index in [1.54, 1.807) is 6.20 Å². The van der Waals surface area contributed by atoms with Gasteiger partial charge in [0, 0.05) is 37.0 Å². The van der Waals surface area contributed by atoms with Crippen LogP contribution < -0.4 is 0 Å². The number of aryl methyl sites for hydroxylation is 1. The second-order valence-electron chi connectivity index (χ2n) is 7.51. The van der Waals surface area contributed by atoms with Gasteiger partial charge >= 0.3 is 0 Å². The molecule has 5 heteroatoms. The van der Waals surface area contributed by atoms with E-state index in [0.29, 0.717) is 5.92 Å². The predicted molar refractivity (Wildman–Crippen MR) is 108 cm³/mol. The second-order valence-corrected chi connectivity index (χ2v) is 7.51. The first-order valence-electron chi connectivity index (χ1n) is 9.88. The maximum Gasteiger partial charge on any atom is 0.253 e. The SMILES string of the molecule is CCCn1c(-c2cccc(C(=O)N3CCC[C@@H](C)C3)c2)nc2cccnc21. The molecule has 5 nitrogen and oxygen atoms in total. The first kappa shape index (κ1) is 17.7. The number of aromatic nitrogens is 3. The summed E-state index contributed by atoms with van der Waals surface area (Å²) in [7, 11) is 0. The molecule has 2 aromatic heterocycles. The van der Waals surface area contributed by atoms with E-state index in [1.165, 1.54) is 6.42 Å². The lowest BCUT2D eigenvalue weighted by molar-refractivity contribution is 0.0683. The van der Waals surface area contributed by atoms with Gasteiger partial charge in [-0.25, -0.2) is 9.97 Å². The minimum atomic E-state index is 0.125. The van der Waals surface area contributed by atoms with E-state index in [-0.39, 0.29) is 5.91 Å². The molecule has 1 fully saturated rings. The first-order valence-corrected chi connectivity index (χ1v) is 9.88. The Balaban J connectivity index is 1.71. The van der Waals surface area contributed by atoms with Crippen molar-refractivity contribution in [1.82, 2.24) is 19.4 Å². The van der Waals surface area contributed by atoms with Crippen molar-refractivity contribution in [1.29, 1.82) is 0 Å². The van der Waals surface area contributed by atoms with Crippen LogP contribution in [-0.4, -0.2) is 38.4 Å². The van der Waals surface area contributed by atoms with Crippen LogP contribution >= 0.6 is 0 Å². The third-order valence-corrected chi connectivity index (χ3v) is 5.26. The van der Waals surface area contributed by atoms with Crippen molar-refractivity contribution < 1.29 is 4.79 Å². The molecule has 1 aliphatic rings. The van der Waals surface area contributed by atoms with E-state index in [4.69, 9.17) is 4.98 Å². The van der Waals surface area contributed by atoms with Gasteiger partial charge < -0.3 is 9.47 Å². The normalized spacial score (nSPS) is 17.4. The quantitative estimate of drug-likeness (QED) is 0.692. The predicted octanol–water partition coefficient (Wildman–Crippen LogP) is 4.38. The van der Waals surface area contributed by atoms with Crippen LogP contribution in [0.2, 0.25) is 0 Å². The number of fused-ring (bicyclic) bond motifs is 1. The number of hydrogen-bond acceptors (Lipinski definition) is 3. The molecule has 3 aromatic rings. The zero-order valence-corrected chi connectivity index (χ0v) is 16.1. The Labute approximate surface area is 160 Å². The molecule has 1 atom stereocenters. The van der Waals surface area contributed by atoms with Crippen molar-refractivity contribution in [3.8, 4) is 11.4 Å². The maximum absolute atomic E-state index is 13.0. The number of pyridine rings is 1. The number of amides is 1. The fourth-order valence-electron chi connectivity index (χ4n) is 3.96. The van der Waals surface area contributed by atoms with E-state index in [9.17, 15) is 4.79 Å². The van der Waals surface area contributed by atoms with E-state index in [2.05, 4.69) is 23.4 Å². The molecular formula is C22H26N4O. The van der Waals surface area contributed by atoms with Crippen molar-refractivity contribution in [2.45, 2.75) is 39.7 Å². The number of benzene rings is 1. The minimum absolute atomic E-state index is 0.125. The summed E-state index contributed by atoms with van der Waals surface area (Å²) in [5.41, 5.74) is 3.50. The van der Waals surface area contributed by atoms with Crippen molar-refractivity contribution in [3.63, 3.8) is 0 Å². The molecule has 0 saturated carbocycles. The summed E-state index contributed by atoms with van der Waals surface area (Å²) in [6.07, 6.45) is 5.10. The first-order chi connectivity index (χ1) is 13.2. The summed E-state index contributed by atoms with van der Waals surface area (Å²) in [5.74, 6) is 1.58. The molecule has 0 bridgehead atoms. The average Bonchev–Trinajstić information content (AvgIpc) is 3.07. The van der Waals surface area contributed by atoms with Crippen LogP contribution in [0.15, 0.2) is 42.6 Å². The molecular weight excluding hydrogens is 336 g/mol. The number of hydrogen-bond donors (Lipinski definition) is 0. The minimum Gasteiger partial charge on any atom is -0.338 e. The zero-order valence-electron chi connectivity index (χ0n) is 16.1. The topological polar surface area (TPSA) is 51.0 Å². The molecule has 3 heterocycles.